The summed E-state index contributed by atoms with van der Waals surface area (Å²) < 4.78 is 28.6. The van der Waals surface area contributed by atoms with Crippen LogP contribution in [-0.4, -0.2) is 55.2 Å². The normalized spacial score (nSPS) is 16.3. The molecule has 1 aromatic heterocycles. The van der Waals surface area contributed by atoms with Gasteiger partial charge in [-0.25, -0.2) is 4.39 Å². The van der Waals surface area contributed by atoms with Crippen LogP contribution in [0.5, 0.6) is 5.75 Å². The summed E-state index contributed by atoms with van der Waals surface area (Å²) in [5, 5.41) is 6.62. The van der Waals surface area contributed by atoms with Gasteiger partial charge in [0.15, 0.2) is 11.5 Å². The molecule has 29 heavy (non-hydrogen) atoms. The highest BCUT2D eigenvalue weighted by Gasteiger charge is 2.29. The van der Waals surface area contributed by atoms with Crippen molar-refractivity contribution in [3.8, 4) is 5.75 Å². The lowest BCUT2D eigenvalue weighted by molar-refractivity contribution is -0.128. The van der Waals surface area contributed by atoms with Crippen molar-refractivity contribution in [1.82, 2.24) is 15.4 Å². The number of hydrogen-bond acceptors (Lipinski definition) is 6. The van der Waals surface area contributed by atoms with Gasteiger partial charge in [-0.05, 0) is 18.2 Å². The second-order valence-electron chi connectivity index (χ2n) is 6.65. The molecule has 1 fully saturated rings. The summed E-state index contributed by atoms with van der Waals surface area (Å²) in [4.78, 5) is 25.9. The lowest BCUT2D eigenvalue weighted by Crippen LogP contribution is -2.32. The highest BCUT2D eigenvalue weighted by atomic mass is 35.5. The van der Waals surface area contributed by atoms with Gasteiger partial charge in [-0.3, -0.25) is 9.59 Å². The van der Waals surface area contributed by atoms with Crippen molar-refractivity contribution >= 4 is 23.4 Å². The van der Waals surface area contributed by atoms with Crippen molar-refractivity contribution < 1.29 is 28.0 Å². The zero-order chi connectivity index (χ0) is 20.8. The smallest absolute Gasteiger partial charge is 0.273 e. The van der Waals surface area contributed by atoms with E-state index in [2.05, 4.69) is 10.5 Å². The van der Waals surface area contributed by atoms with Crippen LogP contribution < -0.4 is 10.1 Å². The van der Waals surface area contributed by atoms with Gasteiger partial charge in [0.2, 0.25) is 5.91 Å². The monoisotopic (exact) mass is 425 g/mol. The van der Waals surface area contributed by atoms with E-state index in [0.717, 1.165) is 6.07 Å². The average molecular weight is 426 g/mol. The Morgan fingerprint density at radius 2 is 2.28 bits per heavy atom. The molecule has 0 bridgehead atoms. The molecule has 1 aliphatic rings. The van der Waals surface area contributed by atoms with Crippen LogP contribution in [0.4, 0.5) is 4.39 Å². The summed E-state index contributed by atoms with van der Waals surface area (Å²) in [6, 6.07) is 5.23. The van der Waals surface area contributed by atoms with Gasteiger partial charge in [0.1, 0.15) is 18.2 Å². The molecule has 1 atom stereocenters. The van der Waals surface area contributed by atoms with E-state index in [-0.39, 0.29) is 29.1 Å². The van der Waals surface area contributed by atoms with Crippen molar-refractivity contribution in [2.45, 2.75) is 13.0 Å². The number of carbonyl (C=O) groups is 2. The van der Waals surface area contributed by atoms with Gasteiger partial charge in [-0.1, -0.05) is 16.8 Å². The highest BCUT2D eigenvalue weighted by Crippen LogP contribution is 2.25. The van der Waals surface area contributed by atoms with Gasteiger partial charge in [0.05, 0.1) is 11.6 Å². The lowest BCUT2D eigenvalue weighted by atomic mass is 10.1. The maximum absolute atomic E-state index is 13.0. The molecule has 10 heteroatoms. The first kappa shape index (κ1) is 21.1. The Bertz CT molecular complexity index is 875. The van der Waals surface area contributed by atoms with Crippen LogP contribution in [0.3, 0.4) is 0 Å². The number of hydrogen-bond donors (Lipinski definition) is 1. The molecule has 1 N–H and O–H groups in total. The van der Waals surface area contributed by atoms with Crippen molar-refractivity contribution in [2.24, 2.45) is 5.92 Å². The number of methoxy groups -OCH3 is 1. The maximum atomic E-state index is 13.0. The quantitative estimate of drug-likeness (QED) is 0.662. The van der Waals surface area contributed by atoms with E-state index >= 15 is 0 Å². The zero-order valence-electron chi connectivity index (χ0n) is 15.8. The molecule has 3 rings (SSSR count). The molecule has 0 radical (unpaired) electrons. The first-order chi connectivity index (χ1) is 14.0. The summed E-state index contributed by atoms with van der Waals surface area (Å²) in [6.45, 7) is 1.95. The standard InChI is InChI=1S/C19H21ClFN3O5/c1-27-5-4-24-10-12(6-18(24)25)9-22-19(26)16-8-14(29-23-16)11-28-17-3-2-13(21)7-15(17)20/h2-3,7-8,12H,4-6,9-11H2,1H3,(H,22,26). The van der Waals surface area contributed by atoms with E-state index in [4.69, 9.17) is 25.6 Å². The minimum Gasteiger partial charge on any atom is -0.484 e. The zero-order valence-corrected chi connectivity index (χ0v) is 16.6. The predicted molar refractivity (Wildman–Crippen MR) is 101 cm³/mol. The third-order valence-electron chi connectivity index (χ3n) is 4.47. The molecule has 8 nitrogen and oxygen atoms in total. The van der Waals surface area contributed by atoms with Crippen LogP contribution in [0.25, 0.3) is 0 Å². The van der Waals surface area contributed by atoms with Crippen LogP contribution in [0.2, 0.25) is 5.02 Å². The van der Waals surface area contributed by atoms with E-state index in [0.29, 0.717) is 44.2 Å². The van der Waals surface area contributed by atoms with Crippen LogP contribution in [0.15, 0.2) is 28.8 Å². The second-order valence-corrected chi connectivity index (χ2v) is 7.06. The summed E-state index contributed by atoms with van der Waals surface area (Å²) >= 11 is 5.89. The number of halogens is 2. The molecule has 2 heterocycles. The van der Waals surface area contributed by atoms with Gasteiger partial charge in [-0.2, -0.15) is 0 Å². The Balaban J connectivity index is 1.46. The SMILES string of the molecule is COCCN1CC(CNC(=O)c2cc(COc3ccc(F)cc3Cl)on2)CC1=O. The molecule has 156 valence electrons. The van der Waals surface area contributed by atoms with Crippen molar-refractivity contribution in [3.63, 3.8) is 0 Å². The van der Waals surface area contributed by atoms with Crippen LogP contribution in [-0.2, 0) is 16.1 Å². The van der Waals surface area contributed by atoms with Crippen LogP contribution in [0, 0.1) is 11.7 Å². The minimum absolute atomic E-state index is 0.0166. The number of benzene rings is 1. The lowest BCUT2D eigenvalue weighted by Gasteiger charge is -2.15. The topological polar surface area (TPSA) is 93.9 Å². The first-order valence-electron chi connectivity index (χ1n) is 9.04. The third kappa shape index (κ3) is 5.68. The largest absolute Gasteiger partial charge is 0.484 e. The Morgan fingerprint density at radius 1 is 1.45 bits per heavy atom. The molecular weight excluding hydrogens is 405 g/mol. The molecule has 1 aromatic carbocycles. The Morgan fingerprint density at radius 3 is 3.03 bits per heavy atom. The summed E-state index contributed by atoms with van der Waals surface area (Å²) in [6.07, 6.45) is 0.389. The Kier molecular flexibility index (Phi) is 7.05. The van der Waals surface area contributed by atoms with Crippen LogP contribution >= 0.6 is 11.6 Å². The highest BCUT2D eigenvalue weighted by molar-refractivity contribution is 6.32. The fraction of sp³-hybridized carbons (Fsp3) is 0.421. The fourth-order valence-corrected chi connectivity index (χ4v) is 3.19. The predicted octanol–water partition coefficient (Wildman–Crippen LogP) is 2.27. The summed E-state index contributed by atoms with van der Waals surface area (Å²) in [5.74, 6) is -0.161. The number of likely N-dealkylation sites (tertiary alicyclic amines) is 1. The molecule has 1 aliphatic heterocycles. The Hall–Kier alpha value is -2.65. The second kappa shape index (κ2) is 9.71. The molecule has 0 saturated carbocycles. The number of nitrogens with one attached hydrogen (secondary N) is 1. The Labute approximate surface area is 171 Å². The molecule has 0 spiro atoms. The molecule has 0 aliphatic carbocycles. The van der Waals surface area contributed by atoms with E-state index in [1.54, 1.807) is 12.0 Å². The van der Waals surface area contributed by atoms with E-state index in [9.17, 15) is 14.0 Å². The molecule has 2 aromatic rings. The van der Waals surface area contributed by atoms with Gasteiger partial charge in [0, 0.05) is 45.1 Å². The number of ether oxygens (including phenoxy) is 2. The van der Waals surface area contributed by atoms with Crippen LogP contribution in [0.1, 0.15) is 22.7 Å². The van der Waals surface area contributed by atoms with Gasteiger partial charge in [0.25, 0.3) is 5.91 Å². The average Bonchev–Trinajstić information content (AvgIpc) is 3.30. The number of nitrogens with zero attached hydrogens (tertiary/aromatic N) is 2. The maximum Gasteiger partial charge on any atom is 0.273 e. The van der Waals surface area contributed by atoms with Crippen molar-refractivity contribution in [3.05, 3.63) is 46.6 Å². The van der Waals surface area contributed by atoms with E-state index < -0.39 is 11.7 Å². The van der Waals surface area contributed by atoms with E-state index in [1.807, 2.05) is 0 Å². The number of aromatic nitrogens is 1. The molecule has 2 amide bonds. The fourth-order valence-electron chi connectivity index (χ4n) is 2.97. The molecule has 1 saturated heterocycles. The molecule has 1 unspecified atom stereocenters. The van der Waals surface area contributed by atoms with E-state index in [1.165, 1.54) is 18.2 Å². The minimum atomic E-state index is -0.466. The van der Waals surface area contributed by atoms with Gasteiger partial charge >= 0.3 is 0 Å². The third-order valence-corrected chi connectivity index (χ3v) is 4.76. The summed E-state index contributed by atoms with van der Waals surface area (Å²) in [5.41, 5.74) is 0.106. The van der Waals surface area contributed by atoms with Gasteiger partial charge in [-0.15, -0.1) is 0 Å². The first-order valence-corrected chi connectivity index (χ1v) is 9.42. The summed E-state index contributed by atoms with van der Waals surface area (Å²) in [7, 11) is 1.59. The number of amides is 2. The van der Waals surface area contributed by atoms with Crippen molar-refractivity contribution in [1.29, 1.82) is 0 Å². The van der Waals surface area contributed by atoms with Crippen molar-refractivity contribution in [2.75, 3.05) is 33.4 Å². The number of rotatable bonds is 9. The van der Waals surface area contributed by atoms with Gasteiger partial charge < -0.3 is 24.2 Å². The molecular formula is C19H21ClFN3O5. The number of carbonyl (C=O) groups excluding carboxylic acids is 2.